The number of nitrogens with zero attached hydrogens (tertiary/aromatic N) is 2. The zero-order valence-electron chi connectivity index (χ0n) is 19.4. The normalized spacial score (nSPS) is 12.4. The van der Waals surface area contributed by atoms with Crippen LogP contribution in [0.3, 0.4) is 0 Å². The number of hydrogen-bond acceptors (Lipinski definition) is 4. The van der Waals surface area contributed by atoms with Crippen molar-refractivity contribution in [3.63, 3.8) is 0 Å². The molecule has 0 fully saturated rings. The van der Waals surface area contributed by atoms with Gasteiger partial charge in [0.2, 0.25) is 5.91 Å². The first-order valence-electron chi connectivity index (χ1n) is 10.5. The van der Waals surface area contributed by atoms with Crippen LogP contribution in [0.25, 0.3) is 11.4 Å². The van der Waals surface area contributed by atoms with Crippen LogP contribution in [0, 0.1) is 5.41 Å². The summed E-state index contributed by atoms with van der Waals surface area (Å²) in [5.41, 5.74) is 2.64. The quantitative estimate of drug-likeness (QED) is 0.718. The molecular formula is C23H37N5O2. The van der Waals surface area contributed by atoms with Crippen LogP contribution in [0.15, 0.2) is 30.3 Å². The largest absolute Gasteiger partial charge is 0.359 e. The molecular weight excluding hydrogens is 378 g/mol. The number of carbonyl (C=O) groups is 2. The van der Waals surface area contributed by atoms with Crippen LogP contribution in [0.4, 0.5) is 0 Å². The number of imidazole rings is 1. The molecule has 7 nitrogen and oxygen atoms in total. The van der Waals surface area contributed by atoms with Gasteiger partial charge in [0.25, 0.3) is 5.91 Å². The van der Waals surface area contributed by atoms with E-state index < -0.39 is 0 Å². The highest BCUT2D eigenvalue weighted by Gasteiger charge is 2.24. The summed E-state index contributed by atoms with van der Waals surface area (Å²) >= 11 is 0. The van der Waals surface area contributed by atoms with Crippen molar-refractivity contribution in [1.82, 2.24) is 25.5 Å². The Morgan fingerprint density at radius 3 is 2.23 bits per heavy atom. The Hall–Kier alpha value is -2.67. The lowest BCUT2D eigenvalue weighted by Crippen LogP contribution is -2.30. The van der Waals surface area contributed by atoms with Crippen molar-refractivity contribution in [2.24, 2.45) is 5.41 Å². The number of carbonyl (C=O) groups excluding carboxylic acids is 2. The Kier molecular flexibility index (Phi) is 10.3. The second-order valence-electron chi connectivity index (χ2n) is 7.91. The Morgan fingerprint density at radius 1 is 1.10 bits per heavy atom. The van der Waals surface area contributed by atoms with Gasteiger partial charge in [-0.25, -0.2) is 4.98 Å². The van der Waals surface area contributed by atoms with Gasteiger partial charge in [-0.2, -0.15) is 0 Å². The van der Waals surface area contributed by atoms with Gasteiger partial charge in [0.05, 0.1) is 5.69 Å². The lowest BCUT2D eigenvalue weighted by molar-refractivity contribution is -0.122. The fourth-order valence-electron chi connectivity index (χ4n) is 2.98. The van der Waals surface area contributed by atoms with E-state index in [1.165, 1.54) is 0 Å². The SMILES string of the molecule is CC.CNC(=O)CC(C)(C)C.CNC(=O)c1nc(-c2ccccc2)n2c1CNCC2. The molecule has 1 aliphatic heterocycles. The van der Waals surface area contributed by atoms with Gasteiger partial charge in [0.15, 0.2) is 5.69 Å². The molecule has 30 heavy (non-hydrogen) atoms. The summed E-state index contributed by atoms with van der Waals surface area (Å²) in [6.07, 6.45) is 0.601. The summed E-state index contributed by atoms with van der Waals surface area (Å²) in [7, 11) is 3.29. The molecule has 3 rings (SSSR count). The number of amides is 2. The third-order valence-electron chi connectivity index (χ3n) is 4.32. The summed E-state index contributed by atoms with van der Waals surface area (Å²) in [5.74, 6) is 0.854. The van der Waals surface area contributed by atoms with E-state index in [1.54, 1.807) is 14.1 Å². The molecule has 0 bridgehead atoms. The number of rotatable bonds is 3. The molecule has 0 spiro atoms. The van der Waals surface area contributed by atoms with E-state index >= 15 is 0 Å². The molecule has 1 aliphatic rings. The summed E-state index contributed by atoms with van der Waals surface area (Å²) in [5, 5.41) is 8.52. The predicted octanol–water partition coefficient (Wildman–Crippen LogP) is 3.21. The van der Waals surface area contributed by atoms with E-state index in [1.807, 2.05) is 65.0 Å². The van der Waals surface area contributed by atoms with Gasteiger partial charge in [-0.3, -0.25) is 9.59 Å². The second kappa shape index (κ2) is 12.1. The zero-order chi connectivity index (χ0) is 22.7. The summed E-state index contributed by atoms with van der Waals surface area (Å²) < 4.78 is 2.14. The number of hydrogen-bond donors (Lipinski definition) is 3. The average molecular weight is 416 g/mol. The zero-order valence-corrected chi connectivity index (χ0v) is 19.4. The van der Waals surface area contributed by atoms with E-state index in [9.17, 15) is 9.59 Å². The minimum Gasteiger partial charge on any atom is -0.359 e. The van der Waals surface area contributed by atoms with E-state index in [-0.39, 0.29) is 17.2 Å². The van der Waals surface area contributed by atoms with Gasteiger partial charge >= 0.3 is 0 Å². The Labute approximate surface area is 180 Å². The minimum absolute atomic E-state index is 0.111. The van der Waals surface area contributed by atoms with Gasteiger partial charge in [0, 0.05) is 45.7 Å². The highest BCUT2D eigenvalue weighted by molar-refractivity contribution is 5.94. The van der Waals surface area contributed by atoms with Crippen LogP contribution in [0.2, 0.25) is 0 Å². The van der Waals surface area contributed by atoms with Gasteiger partial charge in [-0.05, 0) is 5.41 Å². The molecule has 0 saturated carbocycles. The molecule has 0 unspecified atom stereocenters. The van der Waals surface area contributed by atoms with Crippen molar-refractivity contribution in [1.29, 1.82) is 0 Å². The molecule has 3 N–H and O–H groups in total. The third-order valence-corrected chi connectivity index (χ3v) is 4.32. The molecule has 0 atom stereocenters. The minimum atomic E-state index is -0.130. The molecule has 1 aromatic heterocycles. The van der Waals surface area contributed by atoms with Crippen molar-refractivity contribution < 1.29 is 9.59 Å². The van der Waals surface area contributed by atoms with Crippen molar-refractivity contribution in [2.75, 3.05) is 20.6 Å². The van der Waals surface area contributed by atoms with E-state index in [2.05, 4.69) is 25.5 Å². The molecule has 166 valence electrons. The standard InChI is InChI=1S/C14H16N4O.C7H15NO.C2H6/c1-15-14(19)12-11-9-16-7-8-18(11)13(17-12)10-5-3-2-4-6-10;1-7(2,3)5-6(9)8-4;1-2/h2-6,16H,7-9H2,1H3,(H,15,19);5H2,1-4H3,(H,8,9);1-2H3. The van der Waals surface area contributed by atoms with Gasteiger partial charge in [-0.1, -0.05) is 65.0 Å². The van der Waals surface area contributed by atoms with Gasteiger partial charge in [0.1, 0.15) is 5.82 Å². The van der Waals surface area contributed by atoms with Crippen LogP contribution in [0.1, 0.15) is 57.2 Å². The smallest absolute Gasteiger partial charge is 0.271 e. The first-order chi connectivity index (χ1) is 14.3. The molecule has 2 amide bonds. The van der Waals surface area contributed by atoms with Crippen LogP contribution in [0.5, 0.6) is 0 Å². The summed E-state index contributed by atoms with van der Waals surface area (Å²) in [4.78, 5) is 27.2. The molecule has 0 radical (unpaired) electrons. The first kappa shape index (κ1) is 25.4. The van der Waals surface area contributed by atoms with Crippen molar-refractivity contribution in [2.45, 2.75) is 54.1 Å². The molecule has 0 saturated heterocycles. The lowest BCUT2D eigenvalue weighted by atomic mass is 9.92. The van der Waals surface area contributed by atoms with E-state index in [0.29, 0.717) is 18.7 Å². The summed E-state index contributed by atoms with van der Waals surface area (Å²) in [6.45, 7) is 12.6. The highest BCUT2D eigenvalue weighted by atomic mass is 16.2. The average Bonchev–Trinajstić information content (AvgIpc) is 3.14. The Morgan fingerprint density at radius 2 is 1.73 bits per heavy atom. The van der Waals surface area contributed by atoms with Crippen molar-refractivity contribution >= 4 is 11.8 Å². The fourth-order valence-corrected chi connectivity index (χ4v) is 2.98. The van der Waals surface area contributed by atoms with Crippen molar-refractivity contribution in [3.05, 3.63) is 41.7 Å². The summed E-state index contributed by atoms with van der Waals surface area (Å²) in [6, 6.07) is 9.98. The van der Waals surface area contributed by atoms with Crippen molar-refractivity contribution in [3.8, 4) is 11.4 Å². The number of nitrogens with one attached hydrogen (secondary N) is 3. The number of benzene rings is 1. The second-order valence-corrected chi connectivity index (χ2v) is 7.91. The predicted molar refractivity (Wildman–Crippen MR) is 122 cm³/mol. The van der Waals surface area contributed by atoms with Gasteiger partial charge in [-0.15, -0.1) is 0 Å². The van der Waals surface area contributed by atoms with Crippen LogP contribution in [-0.4, -0.2) is 42.0 Å². The number of fused-ring (bicyclic) bond motifs is 1. The van der Waals surface area contributed by atoms with Crippen LogP contribution >= 0.6 is 0 Å². The fraction of sp³-hybridized carbons (Fsp3) is 0.522. The van der Waals surface area contributed by atoms with E-state index in [4.69, 9.17) is 0 Å². The third kappa shape index (κ3) is 7.30. The van der Waals surface area contributed by atoms with Gasteiger partial charge < -0.3 is 20.5 Å². The van der Waals surface area contributed by atoms with Crippen LogP contribution < -0.4 is 16.0 Å². The maximum atomic E-state index is 11.9. The molecule has 0 aliphatic carbocycles. The molecule has 7 heteroatoms. The highest BCUT2D eigenvalue weighted by Crippen LogP contribution is 2.24. The van der Waals surface area contributed by atoms with E-state index in [0.717, 1.165) is 30.2 Å². The maximum absolute atomic E-state index is 11.9. The van der Waals surface area contributed by atoms with Crippen LogP contribution in [-0.2, 0) is 17.9 Å². The molecule has 1 aromatic carbocycles. The molecule has 2 heterocycles. The maximum Gasteiger partial charge on any atom is 0.271 e. The Bertz CT molecular complexity index is 807. The monoisotopic (exact) mass is 415 g/mol. The topological polar surface area (TPSA) is 88.1 Å². The first-order valence-corrected chi connectivity index (χ1v) is 10.5. The molecule has 2 aromatic rings. The number of aromatic nitrogens is 2. The lowest BCUT2D eigenvalue weighted by Gasteiger charge is -2.18. The Balaban J connectivity index is 0.000000349.